The summed E-state index contributed by atoms with van der Waals surface area (Å²) < 4.78 is 65.7. The van der Waals surface area contributed by atoms with Gasteiger partial charge in [0.15, 0.2) is 5.75 Å². The summed E-state index contributed by atoms with van der Waals surface area (Å²) in [5.41, 5.74) is 0.0152. The van der Waals surface area contributed by atoms with Gasteiger partial charge in [-0.1, -0.05) is 49.4 Å². The fourth-order valence-electron chi connectivity index (χ4n) is 5.81. The van der Waals surface area contributed by atoms with Crippen LogP contribution in [-0.2, 0) is 23.9 Å². The summed E-state index contributed by atoms with van der Waals surface area (Å²) in [4.78, 5) is 30.6. The number of anilines is 1. The molecule has 0 saturated carbocycles. The molecule has 0 aliphatic carbocycles. The number of halogens is 4. The molecule has 4 aromatic carbocycles. The molecule has 2 N–H and O–H groups in total. The lowest BCUT2D eigenvalue weighted by Gasteiger charge is -2.38. The molecule has 264 valence electrons. The highest BCUT2D eigenvalue weighted by molar-refractivity contribution is 6.02. The minimum Gasteiger partial charge on any atom is -0.486 e. The molecule has 2 amide bonds. The molecule has 1 aliphatic heterocycles. The Morgan fingerprint density at radius 1 is 1.02 bits per heavy atom. The van der Waals surface area contributed by atoms with Crippen LogP contribution >= 0.6 is 0 Å². The normalized spacial score (nSPS) is 17.0. The molecule has 3 atom stereocenters. The van der Waals surface area contributed by atoms with E-state index in [1.54, 1.807) is 30.0 Å². The Bertz CT molecular complexity index is 1790. The Kier molecular flexibility index (Phi) is 11.4. The fourth-order valence-corrected chi connectivity index (χ4v) is 5.81. The second-order valence-corrected chi connectivity index (χ2v) is 12.6. The van der Waals surface area contributed by atoms with Crippen molar-refractivity contribution >= 4 is 17.5 Å². The lowest BCUT2D eigenvalue weighted by atomic mass is 9.98. The van der Waals surface area contributed by atoms with Crippen molar-refractivity contribution in [1.29, 1.82) is 0 Å². The van der Waals surface area contributed by atoms with E-state index in [4.69, 9.17) is 9.47 Å². The summed E-state index contributed by atoms with van der Waals surface area (Å²) >= 11 is 0. The van der Waals surface area contributed by atoms with Crippen LogP contribution in [0.5, 0.6) is 17.2 Å². The molecule has 4 aromatic rings. The number of amides is 2. The number of carbonyl (C=O) groups is 2. The summed E-state index contributed by atoms with van der Waals surface area (Å²) in [6.07, 6.45) is -5.75. The van der Waals surface area contributed by atoms with Gasteiger partial charge in [-0.2, -0.15) is 13.2 Å². The average molecular weight is 694 g/mol. The van der Waals surface area contributed by atoms with Gasteiger partial charge in [0.25, 0.3) is 5.91 Å². The first-order valence-corrected chi connectivity index (χ1v) is 16.2. The first-order chi connectivity index (χ1) is 23.8. The number of fused-ring (bicyclic) bond motifs is 1. The Labute approximate surface area is 288 Å². The molecule has 0 unspecified atom stereocenters. The van der Waals surface area contributed by atoms with Gasteiger partial charge in [0, 0.05) is 25.6 Å². The molecule has 0 spiro atoms. The van der Waals surface area contributed by atoms with Gasteiger partial charge in [-0.3, -0.25) is 14.5 Å². The number of hydrogen-bond acceptors (Lipinski definition) is 6. The van der Waals surface area contributed by atoms with E-state index in [-0.39, 0.29) is 41.0 Å². The van der Waals surface area contributed by atoms with Gasteiger partial charge in [-0.25, -0.2) is 4.39 Å². The SMILES string of the molecule is C[C@@H]1CN([C@@H](C)CO)C(=O)c2cccc(NC(=O)Cc3ccc(C(F)(F)F)c(F)c3)c2O[C@@H]1CN(C)Cc1ccc(Oc2ccccc2)cc1. The van der Waals surface area contributed by atoms with Crippen molar-refractivity contribution < 1.29 is 41.7 Å². The van der Waals surface area contributed by atoms with Crippen LogP contribution in [0.4, 0.5) is 23.2 Å². The maximum Gasteiger partial charge on any atom is 0.419 e. The van der Waals surface area contributed by atoms with Crippen LogP contribution in [0.2, 0.25) is 0 Å². The number of nitrogens with zero attached hydrogens (tertiary/aromatic N) is 2. The number of hydrogen-bond donors (Lipinski definition) is 2. The minimum atomic E-state index is -4.86. The Hall–Kier alpha value is -4.94. The molecule has 1 aliphatic rings. The van der Waals surface area contributed by atoms with Crippen LogP contribution < -0.4 is 14.8 Å². The highest BCUT2D eigenvalue weighted by Crippen LogP contribution is 2.36. The Balaban J connectivity index is 1.35. The van der Waals surface area contributed by atoms with Gasteiger partial charge in [0.1, 0.15) is 23.4 Å². The molecular formula is C38H39F4N3O5. The van der Waals surface area contributed by atoms with Crippen molar-refractivity contribution in [3.8, 4) is 17.2 Å². The molecule has 8 nitrogen and oxygen atoms in total. The van der Waals surface area contributed by atoms with E-state index in [2.05, 4.69) is 10.2 Å². The lowest BCUT2D eigenvalue weighted by molar-refractivity contribution is -0.140. The third-order valence-electron chi connectivity index (χ3n) is 8.52. The van der Waals surface area contributed by atoms with E-state index >= 15 is 0 Å². The van der Waals surface area contributed by atoms with E-state index < -0.39 is 42.0 Å². The highest BCUT2D eigenvalue weighted by Gasteiger charge is 2.36. The number of aliphatic hydroxyl groups is 1. The van der Waals surface area contributed by atoms with Crippen LogP contribution in [-0.4, -0.2) is 65.6 Å². The predicted octanol–water partition coefficient (Wildman–Crippen LogP) is 7.17. The van der Waals surface area contributed by atoms with Crippen LogP contribution in [0, 0.1) is 11.7 Å². The number of carbonyl (C=O) groups excluding carboxylic acids is 2. The zero-order valence-electron chi connectivity index (χ0n) is 27.9. The van der Waals surface area contributed by atoms with Crippen LogP contribution in [0.3, 0.4) is 0 Å². The van der Waals surface area contributed by atoms with Crippen molar-refractivity contribution in [2.45, 2.75) is 45.1 Å². The number of ether oxygens (including phenoxy) is 2. The molecule has 0 fully saturated rings. The molecule has 0 saturated heterocycles. The average Bonchev–Trinajstić information content (AvgIpc) is 3.07. The van der Waals surface area contributed by atoms with E-state index in [9.17, 15) is 32.3 Å². The minimum absolute atomic E-state index is 0.0412. The van der Waals surface area contributed by atoms with Gasteiger partial charge >= 0.3 is 6.18 Å². The molecule has 1 heterocycles. The van der Waals surface area contributed by atoms with E-state index in [0.717, 1.165) is 17.4 Å². The highest BCUT2D eigenvalue weighted by atomic mass is 19.4. The van der Waals surface area contributed by atoms with Crippen molar-refractivity contribution in [1.82, 2.24) is 9.80 Å². The monoisotopic (exact) mass is 693 g/mol. The van der Waals surface area contributed by atoms with Gasteiger partial charge in [-0.05, 0) is 73.6 Å². The molecular weight excluding hydrogens is 654 g/mol. The van der Waals surface area contributed by atoms with Crippen molar-refractivity contribution in [2.75, 3.05) is 32.1 Å². The standard InChI is InChI=1S/C38H39F4N3O5/c1-24-20-45(25(2)23-46)37(48)30-10-7-11-33(43-35(47)19-27-14-17-31(32(39)18-27)38(40,41)42)36(30)50-34(24)22-44(3)21-26-12-15-29(16-13-26)49-28-8-5-4-6-9-28/h4-18,24-25,34,46H,19-23H2,1-3H3,(H,43,47)/t24-,25+,34-/m1/s1. The summed E-state index contributed by atoms with van der Waals surface area (Å²) in [6.45, 7) is 4.75. The molecule has 0 aromatic heterocycles. The van der Waals surface area contributed by atoms with Gasteiger partial charge < -0.3 is 24.8 Å². The van der Waals surface area contributed by atoms with Crippen molar-refractivity contribution in [3.05, 3.63) is 119 Å². The first-order valence-electron chi connectivity index (χ1n) is 16.2. The molecule has 0 bridgehead atoms. The number of alkyl halides is 3. The second kappa shape index (κ2) is 15.7. The number of rotatable bonds is 11. The van der Waals surface area contributed by atoms with E-state index in [1.807, 2.05) is 68.6 Å². The van der Waals surface area contributed by atoms with E-state index in [0.29, 0.717) is 37.5 Å². The molecule has 0 radical (unpaired) electrons. The third kappa shape index (κ3) is 8.99. The molecule has 50 heavy (non-hydrogen) atoms. The van der Waals surface area contributed by atoms with Crippen LogP contribution in [0.1, 0.15) is 40.9 Å². The Morgan fingerprint density at radius 2 is 1.70 bits per heavy atom. The number of likely N-dealkylation sites (N-methyl/N-ethyl adjacent to an activating group) is 1. The first kappa shape index (κ1) is 36.3. The number of nitrogens with one attached hydrogen (secondary N) is 1. The summed E-state index contributed by atoms with van der Waals surface area (Å²) in [5, 5.41) is 12.7. The van der Waals surface area contributed by atoms with Gasteiger partial charge in [0.05, 0.1) is 35.9 Å². The lowest BCUT2D eigenvalue weighted by Crippen LogP contribution is -2.49. The topological polar surface area (TPSA) is 91.3 Å². The molecule has 12 heteroatoms. The number of para-hydroxylation sites is 2. The second-order valence-electron chi connectivity index (χ2n) is 12.6. The summed E-state index contributed by atoms with van der Waals surface area (Å²) in [5.74, 6) is -1.14. The molecule has 5 rings (SSSR count). The number of benzene rings is 4. The number of aliphatic hydroxyl groups excluding tert-OH is 1. The summed E-state index contributed by atoms with van der Waals surface area (Å²) in [7, 11) is 1.94. The van der Waals surface area contributed by atoms with Crippen molar-refractivity contribution in [3.63, 3.8) is 0 Å². The van der Waals surface area contributed by atoms with Crippen LogP contribution in [0.25, 0.3) is 0 Å². The third-order valence-corrected chi connectivity index (χ3v) is 8.52. The smallest absolute Gasteiger partial charge is 0.419 e. The maximum atomic E-state index is 14.2. The predicted molar refractivity (Wildman–Crippen MR) is 181 cm³/mol. The van der Waals surface area contributed by atoms with Gasteiger partial charge in [-0.15, -0.1) is 0 Å². The van der Waals surface area contributed by atoms with Gasteiger partial charge in [0.2, 0.25) is 5.91 Å². The largest absolute Gasteiger partial charge is 0.486 e. The Morgan fingerprint density at radius 3 is 2.36 bits per heavy atom. The summed E-state index contributed by atoms with van der Waals surface area (Å²) in [6, 6.07) is 23.8. The maximum absolute atomic E-state index is 14.2. The van der Waals surface area contributed by atoms with Crippen molar-refractivity contribution in [2.24, 2.45) is 5.92 Å². The zero-order chi connectivity index (χ0) is 36.0. The fraction of sp³-hybridized carbons (Fsp3) is 0.316. The van der Waals surface area contributed by atoms with Crippen LogP contribution in [0.15, 0.2) is 91.0 Å². The van der Waals surface area contributed by atoms with E-state index in [1.165, 1.54) is 0 Å². The quantitative estimate of drug-likeness (QED) is 0.162. The zero-order valence-corrected chi connectivity index (χ0v) is 27.9.